The Kier molecular flexibility index (Phi) is 7.21. The molecule has 7 heteroatoms. The lowest BCUT2D eigenvalue weighted by molar-refractivity contribution is -0.159. The number of nitrogens with one attached hydrogen (secondary N) is 1. The highest BCUT2D eigenvalue weighted by molar-refractivity contribution is 6.08. The van der Waals surface area contributed by atoms with Gasteiger partial charge in [0.2, 0.25) is 11.8 Å². The minimum Gasteiger partial charge on any atom is -0.454 e. The Bertz CT molecular complexity index is 1070. The number of anilines is 1. The zero-order valence-corrected chi connectivity index (χ0v) is 19.1. The first-order valence-electron chi connectivity index (χ1n) is 11.6. The second-order valence-corrected chi connectivity index (χ2v) is 8.61. The van der Waals surface area contributed by atoms with Gasteiger partial charge in [0.15, 0.2) is 6.61 Å². The van der Waals surface area contributed by atoms with Crippen molar-refractivity contribution in [3.05, 3.63) is 77.9 Å². The predicted molar refractivity (Wildman–Crippen MR) is 127 cm³/mol. The van der Waals surface area contributed by atoms with E-state index < -0.39 is 36.4 Å². The van der Waals surface area contributed by atoms with E-state index in [1.807, 2.05) is 61.5 Å². The van der Waals surface area contributed by atoms with Gasteiger partial charge in [-0.15, -0.1) is 0 Å². The third-order valence-corrected chi connectivity index (χ3v) is 6.39. The van der Waals surface area contributed by atoms with Crippen molar-refractivity contribution in [3.8, 4) is 0 Å². The van der Waals surface area contributed by atoms with Gasteiger partial charge in [-0.05, 0) is 42.5 Å². The van der Waals surface area contributed by atoms with Gasteiger partial charge in [-0.2, -0.15) is 0 Å². The number of benzene rings is 2. The zero-order valence-electron chi connectivity index (χ0n) is 19.1. The van der Waals surface area contributed by atoms with Gasteiger partial charge in [0.25, 0.3) is 5.91 Å². The van der Waals surface area contributed by atoms with E-state index in [4.69, 9.17) is 4.74 Å². The van der Waals surface area contributed by atoms with Gasteiger partial charge < -0.3 is 10.1 Å². The summed E-state index contributed by atoms with van der Waals surface area (Å²) in [7, 11) is 0. The molecule has 1 fully saturated rings. The fourth-order valence-corrected chi connectivity index (χ4v) is 4.50. The van der Waals surface area contributed by atoms with Crippen molar-refractivity contribution in [1.29, 1.82) is 0 Å². The molecule has 34 heavy (non-hydrogen) atoms. The largest absolute Gasteiger partial charge is 0.454 e. The molecule has 2 aliphatic rings. The number of nitrogens with zero attached hydrogens (tertiary/aromatic N) is 1. The van der Waals surface area contributed by atoms with Gasteiger partial charge in [-0.3, -0.25) is 19.3 Å². The summed E-state index contributed by atoms with van der Waals surface area (Å²) in [6.45, 7) is 1.53. The van der Waals surface area contributed by atoms with Crippen molar-refractivity contribution in [2.75, 3.05) is 11.9 Å². The van der Waals surface area contributed by atoms with Crippen LogP contribution in [0.5, 0.6) is 0 Å². The van der Waals surface area contributed by atoms with Gasteiger partial charge in [0, 0.05) is 12.1 Å². The molecule has 0 spiro atoms. The zero-order chi connectivity index (χ0) is 24.1. The molecule has 3 amide bonds. The first-order chi connectivity index (χ1) is 16.5. The summed E-state index contributed by atoms with van der Waals surface area (Å²) in [4.78, 5) is 52.7. The molecular weight excluding hydrogens is 432 g/mol. The Labute approximate surface area is 198 Å². The first kappa shape index (κ1) is 23.4. The molecule has 176 valence electrons. The van der Waals surface area contributed by atoms with E-state index in [0.717, 1.165) is 22.4 Å². The average Bonchev–Trinajstić information content (AvgIpc) is 3.12. The average molecular weight is 461 g/mol. The molecule has 0 aromatic heterocycles. The van der Waals surface area contributed by atoms with Gasteiger partial charge >= 0.3 is 5.97 Å². The number of carbonyl (C=O) groups is 4. The molecule has 0 unspecified atom stereocenters. The van der Waals surface area contributed by atoms with Crippen LogP contribution < -0.4 is 5.32 Å². The maximum absolute atomic E-state index is 13.1. The van der Waals surface area contributed by atoms with Crippen molar-refractivity contribution < 1.29 is 23.9 Å². The smallest absolute Gasteiger partial charge is 0.330 e. The van der Waals surface area contributed by atoms with Crippen LogP contribution in [0.1, 0.15) is 30.9 Å². The van der Waals surface area contributed by atoms with E-state index >= 15 is 0 Å². The minimum absolute atomic E-state index is 0.129. The van der Waals surface area contributed by atoms with Gasteiger partial charge in [0.05, 0.1) is 11.8 Å². The van der Waals surface area contributed by atoms with Crippen LogP contribution in [-0.2, 0) is 36.8 Å². The van der Waals surface area contributed by atoms with Gasteiger partial charge in [0.1, 0.15) is 6.04 Å². The number of hydrogen-bond donors (Lipinski definition) is 1. The van der Waals surface area contributed by atoms with Crippen molar-refractivity contribution in [2.24, 2.45) is 11.8 Å². The number of fused-ring (bicyclic) bond motifs is 1. The summed E-state index contributed by atoms with van der Waals surface area (Å²) < 4.78 is 5.31. The van der Waals surface area contributed by atoms with Crippen LogP contribution in [0.3, 0.4) is 0 Å². The van der Waals surface area contributed by atoms with Crippen molar-refractivity contribution in [2.45, 2.75) is 38.6 Å². The quantitative estimate of drug-likeness (QED) is 0.371. The SMILES string of the molecule is CCc1ccc(NC(=O)COC(=O)[C@H](Cc2ccccc2)N2C(=O)[C@H]3CC=CC[C@@H]3C2=O)cc1. The number of amides is 3. The summed E-state index contributed by atoms with van der Waals surface area (Å²) in [5.41, 5.74) is 2.53. The molecule has 3 atom stereocenters. The summed E-state index contributed by atoms with van der Waals surface area (Å²) in [6, 6.07) is 15.4. The number of imide groups is 1. The number of aryl methyl sites for hydroxylation is 1. The van der Waals surface area contributed by atoms with Crippen LogP contribution in [0, 0.1) is 11.8 Å². The maximum atomic E-state index is 13.1. The van der Waals surface area contributed by atoms with E-state index in [1.165, 1.54) is 0 Å². The fourth-order valence-electron chi connectivity index (χ4n) is 4.50. The molecule has 2 aromatic carbocycles. The maximum Gasteiger partial charge on any atom is 0.330 e. The van der Waals surface area contributed by atoms with Crippen LogP contribution in [0.4, 0.5) is 5.69 Å². The van der Waals surface area contributed by atoms with Gasteiger partial charge in [-0.1, -0.05) is 61.5 Å². The van der Waals surface area contributed by atoms with Crippen molar-refractivity contribution >= 4 is 29.4 Å². The molecule has 1 heterocycles. The lowest BCUT2D eigenvalue weighted by Crippen LogP contribution is -2.48. The Morgan fingerprint density at radius 1 is 0.941 bits per heavy atom. The number of rotatable bonds is 8. The van der Waals surface area contributed by atoms with Crippen LogP contribution in [0.25, 0.3) is 0 Å². The molecule has 1 N–H and O–H groups in total. The number of allylic oxidation sites excluding steroid dienone is 2. The lowest BCUT2D eigenvalue weighted by atomic mass is 9.85. The van der Waals surface area contributed by atoms with Crippen molar-refractivity contribution in [1.82, 2.24) is 4.90 Å². The first-order valence-corrected chi connectivity index (χ1v) is 11.6. The van der Waals surface area contributed by atoms with E-state index in [0.29, 0.717) is 18.5 Å². The second-order valence-electron chi connectivity index (χ2n) is 8.61. The molecule has 1 aliphatic heterocycles. The molecule has 1 saturated heterocycles. The fraction of sp³-hybridized carbons (Fsp3) is 0.333. The van der Waals surface area contributed by atoms with E-state index in [-0.39, 0.29) is 18.2 Å². The number of esters is 1. The summed E-state index contributed by atoms with van der Waals surface area (Å²) in [5.74, 6) is -2.85. The highest BCUT2D eigenvalue weighted by Crippen LogP contribution is 2.36. The number of carbonyl (C=O) groups excluding carboxylic acids is 4. The normalized spacial score (nSPS) is 20.1. The predicted octanol–water partition coefficient (Wildman–Crippen LogP) is 3.29. The summed E-state index contributed by atoms with van der Waals surface area (Å²) >= 11 is 0. The Hall–Kier alpha value is -3.74. The van der Waals surface area contributed by atoms with Crippen LogP contribution in [0.15, 0.2) is 66.7 Å². The molecule has 2 aromatic rings. The van der Waals surface area contributed by atoms with Crippen molar-refractivity contribution in [3.63, 3.8) is 0 Å². The monoisotopic (exact) mass is 460 g/mol. The second kappa shape index (κ2) is 10.5. The molecule has 7 nitrogen and oxygen atoms in total. The highest BCUT2D eigenvalue weighted by atomic mass is 16.5. The third-order valence-electron chi connectivity index (χ3n) is 6.39. The number of hydrogen-bond acceptors (Lipinski definition) is 5. The Morgan fingerprint density at radius 3 is 2.15 bits per heavy atom. The number of likely N-dealkylation sites (tertiary alicyclic amines) is 1. The van der Waals surface area contributed by atoms with Crippen LogP contribution >= 0.6 is 0 Å². The van der Waals surface area contributed by atoms with E-state index in [1.54, 1.807) is 12.1 Å². The Morgan fingerprint density at radius 2 is 1.56 bits per heavy atom. The molecule has 0 bridgehead atoms. The third kappa shape index (κ3) is 5.09. The standard InChI is InChI=1S/C27H28N2O5/c1-2-18-12-14-20(15-13-18)28-24(30)17-34-27(33)23(16-19-8-4-3-5-9-19)29-25(31)21-10-6-7-11-22(21)26(29)32/h3-9,12-15,21-23H,2,10-11,16-17H2,1H3,(H,28,30)/t21-,22-,23-/m0/s1. The van der Waals surface area contributed by atoms with Gasteiger partial charge in [-0.25, -0.2) is 4.79 Å². The molecule has 0 radical (unpaired) electrons. The highest BCUT2D eigenvalue weighted by Gasteiger charge is 2.51. The molecule has 4 rings (SSSR count). The topological polar surface area (TPSA) is 92.8 Å². The van der Waals surface area contributed by atoms with Crippen LogP contribution in [0.2, 0.25) is 0 Å². The van der Waals surface area contributed by atoms with E-state index in [9.17, 15) is 19.2 Å². The minimum atomic E-state index is -1.12. The molecular formula is C27H28N2O5. The summed E-state index contributed by atoms with van der Waals surface area (Å²) in [5, 5.41) is 2.69. The Balaban J connectivity index is 1.46. The van der Waals surface area contributed by atoms with Crippen LogP contribution in [-0.4, -0.2) is 41.2 Å². The number of ether oxygens (including phenoxy) is 1. The molecule has 1 aliphatic carbocycles. The lowest BCUT2D eigenvalue weighted by Gasteiger charge is -2.25. The summed E-state index contributed by atoms with van der Waals surface area (Å²) in [6.07, 6.45) is 5.79. The van der Waals surface area contributed by atoms with E-state index in [2.05, 4.69) is 5.32 Å². The molecule has 0 saturated carbocycles.